The van der Waals surface area contributed by atoms with Crippen molar-refractivity contribution in [3.8, 4) is 0 Å². The standard InChI is InChI=1S/C19H12F6O2/c20-18(21,22)17(27,19(23,24)25)10-15(26)16-13-7-3-1-5-11(13)9-12-6-2-4-8-14(12)16/h1-9,27H,10H2. The summed E-state index contributed by atoms with van der Waals surface area (Å²) in [6.07, 6.45) is -14.3. The van der Waals surface area contributed by atoms with Gasteiger partial charge in [0.05, 0.1) is 6.42 Å². The Morgan fingerprint density at radius 1 is 0.778 bits per heavy atom. The number of rotatable bonds is 3. The minimum Gasteiger partial charge on any atom is -0.373 e. The highest BCUT2D eigenvalue weighted by Crippen LogP contribution is 2.46. The molecule has 0 aliphatic carbocycles. The molecule has 0 aromatic heterocycles. The normalized spacial score (nSPS) is 13.3. The first-order valence-electron chi connectivity index (χ1n) is 7.75. The summed E-state index contributed by atoms with van der Waals surface area (Å²) < 4.78 is 77.9. The van der Waals surface area contributed by atoms with Gasteiger partial charge in [0.1, 0.15) is 0 Å². The number of ketones is 1. The van der Waals surface area contributed by atoms with E-state index in [0.29, 0.717) is 10.8 Å². The Morgan fingerprint density at radius 3 is 1.59 bits per heavy atom. The first-order valence-corrected chi connectivity index (χ1v) is 7.75. The third kappa shape index (κ3) is 3.14. The van der Waals surface area contributed by atoms with Gasteiger partial charge in [-0.25, -0.2) is 0 Å². The maximum absolute atomic E-state index is 13.0. The number of hydrogen-bond acceptors (Lipinski definition) is 2. The first-order chi connectivity index (χ1) is 12.5. The van der Waals surface area contributed by atoms with Crippen molar-refractivity contribution < 1.29 is 36.2 Å². The van der Waals surface area contributed by atoms with Crippen molar-refractivity contribution in [2.45, 2.75) is 24.4 Å². The van der Waals surface area contributed by atoms with Crippen LogP contribution in [-0.2, 0) is 0 Å². The monoisotopic (exact) mass is 386 g/mol. The summed E-state index contributed by atoms with van der Waals surface area (Å²) in [5, 5.41) is 10.8. The van der Waals surface area contributed by atoms with E-state index in [2.05, 4.69) is 0 Å². The van der Waals surface area contributed by atoms with Gasteiger partial charge in [0.25, 0.3) is 5.60 Å². The lowest BCUT2D eigenvalue weighted by atomic mass is 9.87. The average molecular weight is 386 g/mol. The zero-order chi connectivity index (χ0) is 20.0. The summed E-state index contributed by atoms with van der Waals surface area (Å²) in [6, 6.07) is 14.1. The number of aliphatic hydroxyl groups is 1. The molecule has 27 heavy (non-hydrogen) atoms. The molecule has 0 bridgehead atoms. The summed E-state index contributed by atoms with van der Waals surface area (Å²) in [4.78, 5) is 12.6. The van der Waals surface area contributed by atoms with Crippen LogP contribution >= 0.6 is 0 Å². The zero-order valence-corrected chi connectivity index (χ0v) is 13.5. The molecule has 3 rings (SSSR count). The number of halogens is 6. The van der Waals surface area contributed by atoms with Crippen molar-refractivity contribution in [1.29, 1.82) is 0 Å². The van der Waals surface area contributed by atoms with E-state index in [0.717, 1.165) is 0 Å². The SMILES string of the molecule is O=C(CC(O)(C(F)(F)F)C(F)(F)F)c1c2ccccc2cc2ccccc12. The van der Waals surface area contributed by atoms with Crippen molar-refractivity contribution in [2.24, 2.45) is 0 Å². The first kappa shape index (κ1) is 19.2. The van der Waals surface area contributed by atoms with Gasteiger partial charge in [-0.3, -0.25) is 4.79 Å². The van der Waals surface area contributed by atoms with Crippen LogP contribution in [0.1, 0.15) is 16.8 Å². The van der Waals surface area contributed by atoms with Crippen LogP contribution in [0.2, 0.25) is 0 Å². The lowest BCUT2D eigenvalue weighted by molar-refractivity contribution is -0.365. The molecule has 2 nitrogen and oxygen atoms in total. The molecule has 0 aliphatic rings. The molecule has 0 radical (unpaired) electrons. The number of carbonyl (C=O) groups excluding carboxylic acids is 1. The van der Waals surface area contributed by atoms with E-state index in [1.165, 1.54) is 24.3 Å². The molecule has 0 aliphatic heterocycles. The largest absolute Gasteiger partial charge is 0.426 e. The van der Waals surface area contributed by atoms with E-state index in [9.17, 15) is 36.2 Å². The molecule has 1 N–H and O–H groups in total. The Bertz CT molecular complexity index is 952. The molecule has 8 heteroatoms. The molecule has 3 aromatic carbocycles. The summed E-state index contributed by atoms with van der Waals surface area (Å²) in [7, 11) is 0. The fraction of sp³-hybridized carbons (Fsp3) is 0.211. The predicted molar refractivity (Wildman–Crippen MR) is 87.5 cm³/mol. The highest BCUT2D eigenvalue weighted by Gasteiger charge is 2.70. The van der Waals surface area contributed by atoms with Gasteiger partial charge in [-0.1, -0.05) is 48.5 Å². The molecule has 3 aromatic rings. The molecule has 0 atom stereocenters. The summed E-state index contributed by atoms with van der Waals surface area (Å²) in [5.74, 6) is -1.44. The maximum Gasteiger partial charge on any atom is 0.426 e. The van der Waals surface area contributed by atoms with Gasteiger partial charge < -0.3 is 5.11 Å². The van der Waals surface area contributed by atoms with Crippen molar-refractivity contribution in [3.63, 3.8) is 0 Å². The van der Waals surface area contributed by atoms with Crippen molar-refractivity contribution in [1.82, 2.24) is 0 Å². The van der Waals surface area contributed by atoms with E-state index < -0.39 is 30.2 Å². The third-order valence-electron chi connectivity index (χ3n) is 4.40. The Morgan fingerprint density at radius 2 is 1.19 bits per heavy atom. The third-order valence-corrected chi connectivity index (χ3v) is 4.40. The molecular formula is C19H12F6O2. The molecular weight excluding hydrogens is 374 g/mol. The minimum absolute atomic E-state index is 0.216. The van der Waals surface area contributed by atoms with Crippen LogP contribution in [0.4, 0.5) is 26.3 Å². The fourth-order valence-corrected chi connectivity index (χ4v) is 3.00. The van der Waals surface area contributed by atoms with Crippen molar-refractivity contribution in [3.05, 3.63) is 60.2 Å². The Hall–Kier alpha value is -2.61. The Kier molecular flexibility index (Phi) is 4.42. The van der Waals surface area contributed by atoms with Gasteiger partial charge in [-0.2, -0.15) is 26.3 Å². The molecule has 0 fully saturated rings. The lowest BCUT2D eigenvalue weighted by Gasteiger charge is -2.31. The number of alkyl halides is 6. The molecule has 0 amide bonds. The Balaban J connectivity index is 2.23. The van der Waals surface area contributed by atoms with Crippen LogP contribution in [0, 0.1) is 0 Å². The van der Waals surface area contributed by atoms with Crippen molar-refractivity contribution >= 4 is 27.3 Å². The van der Waals surface area contributed by atoms with Gasteiger partial charge in [0, 0.05) is 5.56 Å². The van der Waals surface area contributed by atoms with Gasteiger partial charge in [0.2, 0.25) is 0 Å². The average Bonchev–Trinajstić information content (AvgIpc) is 2.57. The number of carbonyl (C=O) groups is 1. The van der Waals surface area contributed by atoms with Crippen LogP contribution in [0.25, 0.3) is 21.5 Å². The number of benzene rings is 3. The van der Waals surface area contributed by atoms with Crippen molar-refractivity contribution in [2.75, 3.05) is 0 Å². The number of hydrogen-bond donors (Lipinski definition) is 1. The number of Topliss-reactive ketones (excluding diaryl/α,β-unsaturated/α-hetero) is 1. The summed E-state index contributed by atoms with van der Waals surface area (Å²) in [6.45, 7) is 0. The smallest absolute Gasteiger partial charge is 0.373 e. The van der Waals surface area contributed by atoms with E-state index in [1.54, 1.807) is 30.3 Å². The molecule has 0 spiro atoms. The second kappa shape index (κ2) is 6.23. The molecule has 0 unspecified atom stereocenters. The van der Waals surface area contributed by atoms with E-state index in [4.69, 9.17) is 0 Å². The quantitative estimate of drug-likeness (QED) is 0.371. The fourth-order valence-electron chi connectivity index (χ4n) is 3.00. The second-order valence-corrected chi connectivity index (χ2v) is 6.15. The molecule has 0 saturated heterocycles. The van der Waals surface area contributed by atoms with Crippen LogP contribution in [0.3, 0.4) is 0 Å². The highest BCUT2D eigenvalue weighted by atomic mass is 19.4. The second-order valence-electron chi connectivity index (χ2n) is 6.15. The summed E-state index contributed by atoms with van der Waals surface area (Å²) >= 11 is 0. The highest BCUT2D eigenvalue weighted by molar-refractivity contribution is 6.19. The van der Waals surface area contributed by atoms with E-state index in [1.807, 2.05) is 0 Å². The summed E-state index contributed by atoms with van der Waals surface area (Å²) in [5.41, 5.74) is -5.41. The predicted octanol–water partition coefficient (Wildman–Crippen LogP) is 5.42. The molecule has 0 heterocycles. The lowest BCUT2D eigenvalue weighted by Crippen LogP contribution is -2.57. The van der Waals surface area contributed by atoms with Crippen LogP contribution in [0.5, 0.6) is 0 Å². The van der Waals surface area contributed by atoms with Gasteiger partial charge in [0.15, 0.2) is 5.78 Å². The minimum atomic E-state index is -6.05. The molecule has 0 saturated carbocycles. The van der Waals surface area contributed by atoms with E-state index >= 15 is 0 Å². The van der Waals surface area contributed by atoms with Gasteiger partial charge in [-0.15, -0.1) is 0 Å². The topological polar surface area (TPSA) is 37.3 Å². The Labute approximate surface area is 149 Å². The van der Waals surface area contributed by atoms with Crippen LogP contribution in [-0.4, -0.2) is 28.8 Å². The van der Waals surface area contributed by atoms with E-state index in [-0.39, 0.29) is 16.3 Å². The maximum atomic E-state index is 13.0. The van der Waals surface area contributed by atoms with Gasteiger partial charge in [-0.05, 0) is 27.6 Å². The zero-order valence-electron chi connectivity index (χ0n) is 13.5. The van der Waals surface area contributed by atoms with Crippen LogP contribution in [0.15, 0.2) is 54.6 Å². The number of fused-ring (bicyclic) bond motifs is 2. The van der Waals surface area contributed by atoms with Gasteiger partial charge >= 0.3 is 12.4 Å². The van der Waals surface area contributed by atoms with Crippen LogP contribution < -0.4 is 0 Å². The molecule has 142 valence electrons.